The molecule has 0 radical (unpaired) electrons. The van der Waals surface area contributed by atoms with E-state index in [0.29, 0.717) is 43.9 Å². The molecule has 2 amide bonds. The van der Waals surface area contributed by atoms with E-state index in [9.17, 15) is 9.59 Å². The molecule has 1 fully saturated rings. The predicted octanol–water partition coefficient (Wildman–Crippen LogP) is 1.78. The van der Waals surface area contributed by atoms with Crippen molar-refractivity contribution in [3.05, 3.63) is 41.2 Å². The van der Waals surface area contributed by atoms with Crippen LogP contribution in [0.3, 0.4) is 0 Å². The Hall–Kier alpha value is -2.90. The van der Waals surface area contributed by atoms with E-state index in [0.717, 1.165) is 11.3 Å². The van der Waals surface area contributed by atoms with Crippen LogP contribution in [0.5, 0.6) is 5.75 Å². The van der Waals surface area contributed by atoms with Crippen molar-refractivity contribution in [2.75, 3.05) is 20.7 Å². The number of aryl methyl sites for hydroxylation is 1. The minimum absolute atomic E-state index is 0.000502. The number of piperidine rings is 1. The second-order valence-electron chi connectivity index (χ2n) is 6.85. The van der Waals surface area contributed by atoms with Gasteiger partial charge in [-0.3, -0.25) is 9.59 Å². The van der Waals surface area contributed by atoms with Crippen LogP contribution in [-0.2, 0) is 22.7 Å². The molecule has 0 saturated carbocycles. The first-order valence-electron chi connectivity index (χ1n) is 8.91. The van der Waals surface area contributed by atoms with Gasteiger partial charge in [0.1, 0.15) is 17.1 Å². The van der Waals surface area contributed by atoms with Gasteiger partial charge in [-0.2, -0.15) is 0 Å². The van der Waals surface area contributed by atoms with Gasteiger partial charge in [0.2, 0.25) is 11.8 Å². The topological polar surface area (TPSA) is 88.8 Å². The Balaban J connectivity index is 1.64. The number of hydrogen-bond donors (Lipinski definition) is 0. The number of aromatic nitrogens is 2. The number of carbonyl (C=O) groups is 2. The number of nitrogens with zero attached hydrogens (tertiary/aromatic N) is 4. The third kappa shape index (κ3) is 4.45. The van der Waals surface area contributed by atoms with E-state index in [-0.39, 0.29) is 17.7 Å². The van der Waals surface area contributed by atoms with Crippen LogP contribution >= 0.6 is 0 Å². The maximum Gasteiger partial charge on any atom is 0.227 e. The number of amides is 2. The summed E-state index contributed by atoms with van der Waals surface area (Å²) in [5, 5.41) is 7.56. The van der Waals surface area contributed by atoms with Crippen LogP contribution in [0.4, 0.5) is 0 Å². The van der Waals surface area contributed by atoms with Crippen molar-refractivity contribution < 1.29 is 19.0 Å². The Labute approximate surface area is 158 Å². The number of rotatable bonds is 6. The van der Waals surface area contributed by atoms with Gasteiger partial charge in [0.15, 0.2) is 0 Å². The Morgan fingerprint density at radius 1 is 1.41 bits per heavy atom. The van der Waals surface area contributed by atoms with Crippen LogP contribution in [0.15, 0.2) is 28.9 Å². The third-order valence-electron chi connectivity index (χ3n) is 4.87. The smallest absolute Gasteiger partial charge is 0.227 e. The van der Waals surface area contributed by atoms with E-state index in [1.54, 1.807) is 30.9 Å². The summed E-state index contributed by atoms with van der Waals surface area (Å²) in [5.41, 5.74) is 2.30. The highest BCUT2D eigenvalue weighted by Gasteiger charge is 2.32. The van der Waals surface area contributed by atoms with Gasteiger partial charge in [-0.05, 0) is 31.0 Å². The van der Waals surface area contributed by atoms with Gasteiger partial charge in [0.25, 0.3) is 0 Å². The summed E-state index contributed by atoms with van der Waals surface area (Å²) in [6, 6.07) is 7.62. The van der Waals surface area contributed by atoms with E-state index in [2.05, 4.69) is 14.9 Å². The summed E-state index contributed by atoms with van der Waals surface area (Å²) >= 11 is 0. The largest absolute Gasteiger partial charge is 0.497 e. The van der Waals surface area contributed by atoms with Crippen molar-refractivity contribution >= 4 is 11.8 Å². The maximum absolute atomic E-state index is 12.8. The lowest BCUT2D eigenvalue weighted by Gasteiger charge is -2.33. The van der Waals surface area contributed by atoms with Gasteiger partial charge in [-0.15, -0.1) is 0 Å². The molecule has 0 aliphatic carbocycles. The molecule has 1 atom stereocenters. The lowest BCUT2D eigenvalue weighted by Crippen LogP contribution is -2.45. The predicted molar refractivity (Wildman–Crippen MR) is 96.6 cm³/mol. The fraction of sp³-hybridized carbons (Fsp3) is 0.474. The van der Waals surface area contributed by atoms with Crippen molar-refractivity contribution in [2.45, 2.75) is 32.9 Å². The maximum atomic E-state index is 12.8. The zero-order valence-electron chi connectivity index (χ0n) is 15.8. The van der Waals surface area contributed by atoms with Gasteiger partial charge >= 0.3 is 0 Å². The van der Waals surface area contributed by atoms with Crippen LogP contribution in [0.2, 0.25) is 0 Å². The lowest BCUT2D eigenvalue weighted by molar-refractivity contribution is -0.143. The van der Waals surface area contributed by atoms with Crippen molar-refractivity contribution in [1.82, 2.24) is 20.1 Å². The number of carbonyl (C=O) groups excluding carboxylic acids is 2. The number of likely N-dealkylation sites (tertiary alicyclic amines) is 1. The van der Waals surface area contributed by atoms with Crippen molar-refractivity contribution in [3.8, 4) is 5.75 Å². The van der Waals surface area contributed by atoms with Gasteiger partial charge in [-0.1, -0.05) is 22.4 Å². The molecule has 1 aromatic heterocycles. The molecule has 0 bridgehead atoms. The van der Waals surface area contributed by atoms with Crippen LogP contribution < -0.4 is 4.74 Å². The average Bonchev–Trinajstić information content (AvgIpc) is 3.07. The molecule has 0 spiro atoms. The Morgan fingerprint density at radius 3 is 2.93 bits per heavy atom. The highest BCUT2D eigenvalue weighted by molar-refractivity contribution is 5.83. The summed E-state index contributed by atoms with van der Waals surface area (Å²) in [6.45, 7) is 3.01. The summed E-state index contributed by atoms with van der Waals surface area (Å²) in [5.74, 6) is 0.598. The lowest BCUT2D eigenvalue weighted by atomic mass is 9.95. The Morgan fingerprint density at radius 2 is 2.22 bits per heavy atom. The summed E-state index contributed by atoms with van der Waals surface area (Å²) in [6.07, 6.45) is 0.936. The average molecular weight is 372 g/mol. The molecular weight excluding hydrogens is 348 g/mol. The molecule has 1 saturated heterocycles. The van der Waals surface area contributed by atoms with Crippen LogP contribution in [0, 0.1) is 12.8 Å². The first kappa shape index (κ1) is 18.9. The van der Waals surface area contributed by atoms with Gasteiger partial charge in [0.05, 0.1) is 19.6 Å². The fourth-order valence-electron chi connectivity index (χ4n) is 3.27. The van der Waals surface area contributed by atoms with Gasteiger partial charge < -0.3 is 14.5 Å². The summed E-state index contributed by atoms with van der Waals surface area (Å²) in [7, 11) is 3.35. The van der Waals surface area contributed by atoms with Gasteiger partial charge in [0, 0.05) is 26.6 Å². The monoisotopic (exact) mass is 372 g/mol. The molecule has 3 rings (SSSR count). The van der Waals surface area contributed by atoms with E-state index in [4.69, 9.17) is 4.74 Å². The fourth-order valence-corrected chi connectivity index (χ4v) is 3.27. The molecule has 1 unspecified atom stereocenters. The molecule has 2 aromatic rings. The minimum atomic E-state index is -0.224. The molecular formula is C19H24N4O4. The molecule has 27 heavy (non-hydrogen) atoms. The summed E-state index contributed by atoms with van der Waals surface area (Å²) < 4.78 is 9.92. The van der Waals surface area contributed by atoms with E-state index in [1.807, 2.05) is 24.3 Å². The van der Waals surface area contributed by atoms with E-state index in [1.165, 1.54) is 0 Å². The molecule has 1 aliphatic rings. The Bertz CT molecular complexity index is 820. The molecule has 0 N–H and O–H groups in total. The standard InChI is InChI=1S/C19H24N4O4/c1-13-17(21-27-20-13)12-22(2)19(25)15-7-8-18(24)23(11-15)10-14-5-4-6-16(9-14)26-3/h4-6,9,15H,7-8,10-12H2,1-3H3. The van der Waals surface area contributed by atoms with Crippen LogP contribution in [-0.4, -0.2) is 52.6 Å². The van der Waals surface area contributed by atoms with Crippen molar-refractivity contribution in [3.63, 3.8) is 0 Å². The first-order valence-corrected chi connectivity index (χ1v) is 8.91. The van der Waals surface area contributed by atoms with Crippen LogP contribution in [0.1, 0.15) is 29.8 Å². The number of methoxy groups -OCH3 is 1. The molecule has 144 valence electrons. The highest BCUT2D eigenvalue weighted by Crippen LogP contribution is 2.23. The normalized spacial score (nSPS) is 17.1. The third-order valence-corrected chi connectivity index (χ3v) is 4.87. The molecule has 8 heteroatoms. The second kappa shape index (κ2) is 8.20. The van der Waals surface area contributed by atoms with Crippen LogP contribution in [0.25, 0.3) is 0 Å². The quantitative estimate of drug-likeness (QED) is 0.768. The Kier molecular flexibility index (Phi) is 5.73. The molecule has 1 aromatic carbocycles. The van der Waals surface area contributed by atoms with Crippen molar-refractivity contribution in [2.24, 2.45) is 5.92 Å². The zero-order chi connectivity index (χ0) is 19.4. The molecule has 1 aliphatic heterocycles. The van der Waals surface area contributed by atoms with Crippen molar-refractivity contribution in [1.29, 1.82) is 0 Å². The molecule has 8 nitrogen and oxygen atoms in total. The molecule has 2 heterocycles. The summed E-state index contributed by atoms with van der Waals surface area (Å²) in [4.78, 5) is 28.5. The number of ether oxygens (including phenoxy) is 1. The highest BCUT2D eigenvalue weighted by atomic mass is 16.6. The van der Waals surface area contributed by atoms with E-state index >= 15 is 0 Å². The second-order valence-corrected chi connectivity index (χ2v) is 6.85. The number of benzene rings is 1. The minimum Gasteiger partial charge on any atom is -0.497 e. The van der Waals surface area contributed by atoms with Gasteiger partial charge in [-0.25, -0.2) is 4.63 Å². The first-order chi connectivity index (χ1) is 13.0. The number of hydrogen-bond acceptors (Lipinski definition) is 6. The van der Waals surface area contributed by atoms with E-state index < -0.39 is 0 Å². The SMILES string of the molecule is COc1cccc(CN2CC(C(=O)N(C)Cc3nonc3C)CCC2=O)c1. The zero-order valence-corrected chi connectivity index (χ0v) is 15.8.